The minimum atomic E-state index is -3.53. The number of fused-ring (bicyclic) bond motifs is 1. The third kappa shape index (κ3) is 3.66. The largest absolute Gasteiger partial charge is 0.466 e. The molecule has 4 nitrogen and oxygen atoms in total. The van der Waals surface area contributed by atoms with E-state index >= 15 is 0 Å². The van der Waals surface area contributed by atoms with Crippen molar-refractivity contribution in [2.24, 2.45) is 0 Å². The molecule has 0 fully saturated rings. The number of rotatable bonds is 5. The molecule has 0 amide bonds. The van der Waals surface area contributed by atoms with Gasteiger partial charge in [-0.05, 0) is 60.7 Å². The second kappa shape index (κ2) is 7.23. The van der Waals surface area contributed by atoms with E-state index < -0.39 is 9.84 Å². The molecule has 25 heavy (non-hydrogen) atoms. The highest BCUT2D eigenvalue weighted by Gasteiger charge is 2.21. The van der Waals surface area contributed by atoms with Crippen LogP contribution >= 0.6 is 0 Å². The van der Waals surface area contributed by atoms with Gasteiger partial charge in [0.1, 0.15) is 0 Å². The smallest absolute Gasteiger partial charge is 0.310 e. The van der Waals surface area contributed by atoms with Gasteiger partial charge < -0.3 is 4.74 Å². The second-order valence-electron chi connectivity index (χ2n) is 5.89. The summed E-state index contributed by atoms with van der Waals surface area (Å²) in [6.07, 6.45) is 3.80. The van der Waals surface area contributed by atoms with E-state index in [1.807, 2.05) is 6.08 Å². The van der Waals surface area contributed by atoms with Crippen LogP contribution in [0.15, 0.2) is 64.4 Å². The molecule has 0 heterocycles. The Morgan fingerprint density at radius 3 is 2.56 bits per heavy atom. The maximum atomic E-state index is 12.8. The minimum absolute atomic E-state index is 0.214. The molecule has 0 aliphatic heterocycles. The number of benzene rings is 2. The van der Waals surface area contributed by atoms with Crippen LogP contribution in [-0.2, 0) is 25.8 Å². The molecule has 1 aliphatic rings. The van der Waals surface area contributed by atoms with Crippen LogP contribution < -0.4 is 0 Å². The van der Waals surface area contributed by atoms with Crippen molar-refractivity contribution in [3.8, 4) is 0 Å². The Morgan fingerprint density at radius 1 is 1.08 bits per heavy atom. The third-order valence-corrected chi connectivity index (χ3v) is 6.00. The van der Waals surface area contributed by atoms with Gasteiger partial charge in [0.05, 0.1) is 22.8 Å². The van der Waals surface area contributed by atoms with Crippen LogP contribution in [0.1, 0.15) is 30.9 Å². The summed E-state index contributed by atoms with van der Waals surface area (Å²) in [5.41, 5.74) is 2.80. The van der Waals surface area contributed by atoms with Crippen LogP contribution in [-0.4, -0.2) is 21.0 Å². The molecule has 0 aromatic heterocycles. The summed E-state index contributed by atoms with van der Waals surface area (Å²) in [4.78, 5) is 12.3. The molecule has 0 unspecified atom stereocenters. The predicted octanol–water partition coefficient (Wildman–Crippen LogP) is 3.80. The van der Waals surface area contributed by atoms with Gasteiger partial charge in [0.15, 0.2) is 0 Å². The first kappa shape index (κ1) is 17.4. The van der Waals surface area contributed by atoms with Gasteiger partial charge in [-0.15, -0.1) is 0 Å². The van der Waals surface area contributed by atoms with E-state index in [2.05, 4.69) is 0 Å². The Morgan fingerprint density at radius 2 is 1.84 bits per heavy atom. The zero-order valence-electron chi connectivity index (χ0n) is 14.1. The lowest BCUT2D eigenvalue weighted by Gasteiger charge is -2.18. The van der Waals surface area contributed by atoms with Crippen LogP contribution in [0.4, 0.5) is 0 Å². The highest BCUT2D eigenvalue weighted by Crippen LogP contribution is 2.32. The average Bonchev–Trinajstić information content (AvgIpc) is 2.62. The van der Waals surface area contributed by atoms with Crippen molar-refractivity contribution >= 4 is 21.4 Å². The third-order valence-electron chi connectivity index (χ3n) is 4.23. The molecular weight excluding hydrogens is 336 g/mol. The van der Waals surface area contributed by atoms with Gasteiger partial charge in [-0.3, -0.25) is 4.79 Å². The first-order valence-electron chi connectivity index (χ1n) is 8.30. The molecule has 0 N–H and O–H groups in total. The summed E-state index contributed by atoms with van der Waals surface area (Å²) in [5, 5.41) is 0. The summed E-state index contributed by atoms with van der Waals surface area (Å²) in [7, 11) is -3.53. The van der Waals surface area contributed by atoms with Crippen LogP contribution in [0.3, 0.4) is 0 Å². The summed E-state index contributed by atoms with van der Waals surface area (Å²) in [6, 6.07) is 13.6. The van der Waals surface area contributed by atoms with E-state index in [0.717, 1.165) is 29.5 Å². The number of sulfone groups is 1. The lowest BCUT2D eigenvalue weighted by atomic mass is 9.89. The van der Waals surface area contributed by atoms with E-state index in [1.165, 1.54) is 0 Å². The standard InChI is InChI=1S/C20H20O4S/c1-2-24-20(21)14-16-8-6-7-15-13-18(11-12-19(15)16)25(22,23)17-9-4-3-5-10-17/h3-5,8-13H,2,6-7,14H2,1H3. The SMILES string of the molecule is CCOC(=O)CC1=CCCc2cc(S(=O)(=O)c3ccccc3)ccc21. The van der Waals surface area contributed by atoms with Crippen molar-refractivity contribution in [2.45, 2.75) is 36.0 Å². The number of ether oxygens (including phenoxy) is 1. The monoisotopic (exact) mass is 356 g/mol. The number of allylic oxidation sites excluding steroid dienone is 1. The number of esters is 1. The van der Waals surface area contributed by atoms with Crippen molar-refractivity contribution in [2.75, 3.05) is 6.61 Å². The zero-order chi connectivity index (χ0) is 17.9. The number of hydrogen-bond acceptors (Lipinski definition) is 4. The van der Waals surface area contributed by atoms with Crippen molar-refractivity contribution in [1.82, 2.24) is 0 Å². The maximum absolute atomic E-state index is 12.8. The Bertz CT molecular complexity index is 912. The molecule has 0 atom stereocenters. The van der Waals surface area contributed by atoms with E-state index in [-0.39, 0.29) is 22.2 Å². The molecule has 0 saturated carbocycles. The van der Waals surface area contributed by atoms with E-state index in [4.69, 9.17) is 4.74 Å². The van der Waals surface area contributed by atoms with E-state index in [1.54, 1.807) is 55.5 Å². The van der Waals surface area contributed by atoms with E-state index in [9.17, 15) is 13.2 Å². The number of carbonyl (C=O) groups excluding carboxylic acids is 1. The van der Waals surface area contributed by atoms with Gasteiger partial charge >= 0.3 is 5.97 Å². The predicted molar refractivity (Wildman–Crippen MR) is 95.9 cm³/mol. The Labute approximate surface area is 148 Å². The minimum Gasteiger partial charge on any atom is -0.466 e. The molecule has 0 saturated heterocycles. The van der Waals surface area contributed by atoms with Crippen LogP contribution in [0.5, 0.6) is 0 Å². The van der Waals surface area contributed by atoms with Crippen molar-refractivity contribution in [1.29, 1.82) is 0 Å². The highest BCUT2D eigenvalue weighted by atomic mass is 32.2. The summed E-state index contributed by atoms with van der Waals surface area (Å²) in [6.45, 7) is 2.13. The maximum Gasteiger partial charge on any atom is 0.310 e. The van der Waals surface area contributed by atoms with Crippen molar-refractivity contribution in [3.63, 3.8) is 0 Å². The first-order valence-corrected chi connectivity index (χ1v) is 9.79. The molecule has 2 aromatic carbocycles. The van der Waals surface area contributed by atoms with Gasteiger partial charge in [0, 0.05) is 0 Å². The molecule has 3 rings (SSSR count). The first-order chi connectivity index (χ1) is 12.0. The Hall–Kier alpha value is -2.40. The molecule has 5 heteroatoms. The van der Waals surface area contributed by atoms with Crippen LogP contribution in [0.2, 0.25) is 0 Å². The van der Waals surface area contributed by atoms with Crippen LogP contribution in [0, 0.1) is 0 Å². The molecule has 0 bridgehead atoms. The molecule has 130 valence electrons. The molecular formula is C20H20O4S. The number of aryl methyl sites for hydroxylation is 1. The van der Waals surface area contributed by atoms with Gasteiger partial charge in [-0.2, -0.15) is 0 Å². The zero-order valence-corrected chi connectivity index (χ0v) is 14.9. The fourth-order valence-electron chi connectivity index (χ4n) is 3.04. The van der Waals surface area contributed by atoms with Gasteiger partial charge in [-0.25, -0.2) is 8.42 Å². The van der Waals surface area contributed by atoms with Crippen molar-refractivity contribution < 1.29 is 17.9 Å². The Balaban J connectivity index is 1.93. The quantitative estimate of drug-likeness (QED) is 0.765. The molecule has 1 aliphatic carbocycles. The summed E-state index contributed by atoms with van der Waals surface area (Å²) < 4.78 is 30.6. The fourth-order valence-corrected chi connectivity index (χ4v) is 4.37. The lowest BCUT2D eigenvalue weighted by Crippen LogP contribution is -2.09. The highest BCUT2D eigenvalue weighted by molar-refractivity contribution is 7.91. The normalized spacial score (nSPS) is 13.7. The summed E-state index contributed by atoms with van der Waals surface area (Å²) in [5.74, 6) is -0.261. The van der Waals surface area contributed by atoms with Gasteiger partial charge in [0.25, 0.3) is 0 Å². The van der Waals surface area contributed by atoms with E-state index in [0.29, 0.717) is 6.61 Å². The topological polar surface area (TPSA) is 60.4 Å². The number of hydrogen-bond donors (Lipinski definition) is 0. The summed E-state index contributed by atoms with van der Waals surface area (Å²) >= 11 is 0. The average molecular weight is 356 g/mol. The van der Waals surface area contributed by atoms with Gasteiger partial charge in [-0.1, -0.05) is 30.3 Å². The molecule has 0 spiro atoms. The van der Waals surface area contributed by atoms with Crippen molar-refractivity contribution in [3.05, 3.63) is 65.7 Å². The fraction of sp³-hybridized carbons (Fsp3) is 0.250. The number of carbonyl (C=O) groups is 1. The second-order valence-corrected chi connectivity index (χ2v) is 7.83. The Kier molecular flexibility index (Phi) is 5.04. The molecule has 0 radical (unpaired) electrons. The van der Waals surface area contributed by atoms with Crippen LogP contribution in [0.25, 0.3) is 5.57 Å². The van der Waals surface area contributed by atoms with Gasteiger partial charge in [0.2, 0.25) is 9.84 Å². The lowest BCUT2D eigenvalue weighted by molar-refractivity contribution is -0.141. The molecule has 2 aromatic rings.